The second-order valence-electron chi connectivity index (χ2n) is 7.25. The maximum atomic E-state index is 12.6. The number of rotatable bonds is 6. The highest BCUT2D eigenvalue weighted by Crippen LogP contribution is 2.30. The van der Waals surface area contributed by atoms with Gasteiger partial charge in [-0.25, -0.2) is 0 Å². The van der Waals surface area contributed by atoms with Gasteiger partial charge < -0.3 is 15.1 Å². The number of carbonyl (C=O) groups excluding carboxylic acids is 2. The monoisotopic (exact) mass is 379 g/mol. The molecule has 3 rings (SSSR count). The molecule has 1 heterocycles. The van der Waals surface area contributed by atoms with Crippen LogP contribution in [0.25, 0.3) is 0 Å². The van der Waals surface area contributed by atoms with Crippen molar-refractivity contribution in [3.05, 3.63) is 59.7 Å². The summed E-state index contributed by atoms with van der Waals surface area (Å²) in [6.07, 6.45) is 2.10. The number of fused-ring (bicyclic) bond motifs is 1. The van der Waals surface area contributed by atoms with Gasteiger partial charge in [-0.2, -0.15) is 0 Å². The molecule has 0 aliphatic carbocycles. The first-order chi connectivity index (χ1) is 13.5. The smallest absolute Gasteiger partial charge is 0.253 e. The highest BCUT2D eigenvalue weighted by Gasteiger charge is 2.24. The number of hydrogen-bond acceptors (Lipinski definition) is 3. The number of para-hydroxylation sites is 1. The minimum absolute atomic E-state index is 0.0154. The number of carbonyl (C=O) groups is 2. The van der Waals surface area contributed by atoms with Gasteiger partial charge in [0.15, 0.2) is 0 Å². The molecule has 0 saturated carbocycles. The molecule has 5 nitrogen and oxygen atoms in total. The Morgan fingerprint density at radius 3 is 2.43 bits per heavy atom. The van der Waals surface area contributed by atoms with Gasteiger partial charge in [0.05, 0.1) is 6.54 Å². The molecule has 5 heteroatoms. The molecule has 2 amide bonds. The van der Waals surface area contributed by atoms with Crippen molar-refractivity contribution in [3.63, 3.8) is 0 Å². The van der Waals surface area contributed by atoms with Crippen LogP contribution < -0.4 is 10.2 Å². The van der Waals surface area contributed by atoms with Gasteiger partial charge in [-0.15, -0.1) is 0 Å². The van der Waals surface area contributed by atoms with Crippen LogP contribution in [-0.2, 0) is 11.2 Å². The van der Waals surface area contributed by atoms with Crippen LogP contribution in [0.15, 0.2) is 48.5 Å². The lowest BCUT2D eigenvalue weighted by molar-refractivity contribution is -0.115. The first-order valence-corrected chi connectivity index (χ1v) is 10.1. The topological polar surface area (TPSA) is 52.7 Å². The van der Waals surface area contributed by atoms with Crippen LogP contribution in [0.4, 0.5) is 11.4 Å². The number of anilines is 2. The summed E-state index contributed by atoms with van der Waals surface area (Å²) >= 11 is 0. The van der Waals surface area contributed by atoms with E-state index in [2.05, 4.69) is 29.3 Å². The maximum Gasteiger partial charge on any atom is 0.253 e. The molecule has 148 valence electrons. The van der Waals surface area contributed by atoms with Crippen molar-refractivity contribution in [1.29, 1.82) is 0 Å². The molecule has 2 aromatic carbocycles. The standard InChI is InChI=1S/C23H29N3O2/c1-4-25(5-2)23(28)19-12-14-20(15-13-19)24-22(27)16-26-17(3)10-11-18-8-6-7-9-21(18)26/h6-9,12-15,17H,4-5,10-11,16H2,1-3H3,(H,24,27)/t17-/m1/s1. The van der Waals surface area contributed by atoms with Crippen LogP contribution in [-0.4, -0.2) is 42.4 Å². The number of aryl methyl sites for hydroxylation is 1. The quantitative estimate of drug-likeness (QED) is 0.827. The van der Waals surface area contributed by atoms with E-state index in [1.165, 1.54) is 5.56 Å². The molecule has 1 atom stereocenters. The Morgan fingerprint density at radius 1 is 1.07 bits per heavy atom. The summed E-state index contributed by atoms with van der Waals surface area (Å²) < 4.78 is 0. The molecule has 28 heavy (non-hydrogen) atoms. The van der Waals surface area contributed by atoms with Crippen molar-refractivity contribution in [2.75, 3.05) is 29.9 Å². The highest BCUT2D eigenvalue weighted by atomic mass is 16.2. The SMILES string of the molecule is CCN(CC)C(=O)c1ccc(NC(=O)CN2c3ccccc3CC[C@H]2C)cc1. The number of nitrogens with one attached hydrogen (secondary N) is 1. The van der Waals surface area contributed by atoms with Gasteiger partial charge >= 0.3 is 0 Å². The fourth-order valence-corrected chi connectivity index (χ4v) is 3.75. The Labute approximate surface area is 167 Å². The third-order valence-corrected chi connectivity index (χ3v) is 5.44. The molecular weight excluding hydrogens is 350 g/mol. The zero-order valence-corrected chi connectivity index (χ0v) is 16.9. The molecule has 0 fully saturated rings. The number of amides is 2. The Balaban J connectivity index is 1.65. The second-order valence-corrected chi connectivity index (χ2v) is 7.25. The molecule has 0 bridgehead atoms. The van der Waals surface area contributed by atoms with Crippen molar-refractivity contribution >= 4 is 23.2 Å². The first-order valence-electron chi connectivity index (χ1n) is 10.1. The number of hydrogen-bond donors (Lipinski definition) is 1. The molecule has 0 radical (unpaired) electrons. The summed E-state index contributed by atoms with van der Waals surface area (Å²) in [4.78, 5) is 29.0. The zero-order valence-electron chi connectivity index (χ0n) is 16.9. The van der Waals surface area contributed by atoms with Gasteiger partial charge in [0.25, 0.3) is 5.91 Å². The van der Waals surface area contributed by atoms with Gasteiger partial charge in [0, 0.05) is 36.1 Å². The molecule has 0 unspecified atom stereocenters. The summed E-state index contributed by atoms with van der Waals surface area (Å²) in [5.41, 5.74) is 3.79. The van der Waals surface area contributed by atoms with E-state index in [4.69, 9.17) is 0 Å². The van der Waals surface area contributed by atoms with E-state index >= 15 is 0 Å². The Bertz CT molecular complexity index is 828. The first kappa shape index (κ1) is 19.9. The van der Waals surface area contributed by atoms with E-state index in [0.29, 0.717) is 36.9 Å². The Kier molecular flexibility index (Phi) is 6.34. The normalized spacial score (nSPS) is 15.7. The molecule has 1 N–H and O–H groups in total. The van der Waals surface area contributed by atoms with E-state index in [-0.39, 0.29) is 11.8 Å². The van der Waals surface area contributed by atoms with Crippen LogP contribution in [0.3, 0.4) is 0 Å². The van der Waals surface area contributed by atoms with Crippen molar-refractivity contribution < 1.29 is 9.59 Å². The predicted octanol–water partition coefficient (Wildman–Crippen LogP) is 3.95. The van der Waals surface area contributed by atoms with Crippen molar-refractivity contribution in [1.82, 2.24) is 4.90 Å². The van der Waals surface area contributed by atoms with Crippen LogP contribution in [0.2, 0.25) is 0 Å². The zero-order chi connectivity index (χ0) is 20.1. The van der Waals surface area contributed by atoms with Crippen molar-refractivity contribution in [2.45, 2.75) is 39.7 Å². The average molecular weight is 380 g/mol. The summed E-state index contributed by atoms with van der Waals surface area (Å²) in [7, 11) is 0. The maximum absolute atomic E-state index is 12.6. The molecule has 0 spiro atoms. The average Bonchev–Trinajstić information content (AvgIpc) is 2.71. The van der Waals surface area contributed by atoms with Crippen LogP contribution in [0, 0.1) is 0 Å². The largest absolute Gasteiger partial charge is 0.359 e. The fraction of sp³-hybridized carbons (Fsp3) is 0.391. The number of nitrogens with zero attached hydrogens (tertiary/aromatic N) is 2. The molecule has 1 aliphatic heterocycles. The molecule has 2 aromatic rings. The van der Waals surface area contributed by atoms with Gasteiger partial charge in [-0.3, -0.25) is 9.59 Å². The lowest BCUT2D eigenvalue weighted by atomic mass is 9.96. The Hall–Kier alpha value is -2.82. The minimum atomic E-state index is -0.0497. The fourth-order valence-electron chi connectivity index (χ4n) is 3.75. The highest BCUT2D eigenvalue weighted by molar-refractivity contribution is 5.97. The molecular formula is C23H29N3O2. The van der Waals surface area contributed by atoms with Crippen LogP contribution in [0.1, 0.15) is 43.1 Å². The molecule has 0 aromatic heterocycles. The van der Waals surface area contributed by atoms with Gasteiger partial charge in [-0.05, 0) is 69.5 Å². The van der Waals surface area contributed by atoms with E-state index in [1.54, 1.807) is 29.2 Å². The van der Waals surface area contributed by atoms with E-state index in [9.17, 15) is 9.59 Å². The van der Waals surface area contributed by atoms with E-state index < -0.39 is 0 Å². The second kappa shape index (κ2) is 8.91. The van der Waals surface area contributed by atoms with Gasteiger partial charge in [0.1, 0.15) is 0 Å². The van der Waals surface area contributed by atoms with Crippen LogP contribution in [0.5, 0.6) is 0 Å². The summed E-state index contributed by atoms with van der Waals surface area (Å²) in [6, 6.07) is 15.8. The van der Waals surface area contributed by atoms with Gasteiger partial charge in [0.2, 0.25) is 5.91 Å². The van der Waals surface area contributed by atoms with Crippen LogP contribution >= 0.6 is 0 Å². The predicted molar refractivity (Wildman–Crippen MR) is 114 cm³/mol. The van der Waals surface area contributed by atoms with E-state index in [1.807, 2.05) is 26.0 Å². The summed E-state index contributed by atoms with van der Waals surface area (Å²) in [5.74, 6) is -0.0343. The van der Waals surface area contributed by atoms with Crippen molar-refractivity contribution in [3.8, 4) is 0 Å². The minimum Gasteiger partial charge on any atom is -0.359 e. The summed E-state index contributed by atoms with van der Waals surface area (Å²) in [6.45, 7) is 7.78. The Morgan fingerprint density at radius 2 is 1.75 bits per heavy atom. The van der Waals surface area contributed by atoms with Crippen molar-refractivity contribution in [2.24, 2.45) is 0 Å². The third-order valence-electron chi connectivity index (χ3n) is 5.44. The molecule has 0 saturated heterocycles. The van der Waals surface area contributed by atoms with E-state index in [0.717, 1.165) is 18.5 Å². The number of benzene rings is 2. The molecule has 1 aliphatic rings. The summed E-state index contributed by atoms with van der Waals surface area (Å²) in [5, 5.41) is 2.96. The lowest BCUT2D eigenvalue weighted by Crippen LogP contribution is -2.42. The lowest BCUT2D eigenvalue weighted by Gasteiger charge is -2.36. The third kappa shape index (κ3) is 4.35. The van der Waals surface area contributed by atoms with Gasteiger partial charge in [-0.1, -0.05) is 18.2 Å².